The van der Waals surface area contributed by atoms with Crippen molar-refractivity contribution in [3.05, 3.63) is 278 Å². The molecular weight excluding hydrogens is 1050 g/mol. The van der Waals surface area contributed by atoms with Crippen LogP contribution in [0.4, 0.5) is 34.1 Å². The number of anilines is 6. The SMILES string of the molecule is Cc1ccc2c(oc3ccccc32)c1N(c1ccccc1)c1ccc(-c2ccc3c4cc5c(cc4n4c6ccccc6c2c34)c2ccc(-c3ccc(N(c4ccccc4)c4c(C)ccc6c4oc4ccccc46)cc3)c3c4ccccc4n5c23)cc1. The highest BCUT2D eigenvalue weighted by Crippen LogP contribution is 2.51. The van der Waals surface area contributed by atoms with Gasteiger partial charge in [0.05, 0.1) is 44.5 Å². The Morgan fingerprint density at radius 2 is 0.640 bits per heavy atom. The van der Waals surface area contributed by atoms with Crippen LogP contribution in [0.15, 0.2) is 276 Å². The van der Waals surface area contributed by atoms with Gasteiger partial charge in [-0.25, -0.2) is 0 Å². The first kappa shape index (κ1) is 47.2. The molecule has 0 atom stereocenters. The van der Waals surface area contributed by atoms with Crippen LogP contribution >= 0.6 is 0 Å². The molecule has 19 rings (SSSR count). The predicted molar refractivity (Wildman–Crippen MR) is 360 cm³/mol. The van der Waals surface area contributed by atoms with E-state index in [0.717, 1.165) is 100 Å². The summed E-state index contributed by atoms with van der Waals surface area (Å²) < 4.78 is 18.5. The van der Waals surface area contributed by atoms with E-state index in [1.54, 1.807) is 0 Å². The largest absolute Gasteiger partial charge is 0.454 e. The summed E-state index contributed by atoms with van der Waals surface area (Å²) in [6, 6.07) is 97.4. The van der Waals surface area contributed by atoms with Gasteiger partial charge in [-0.1, -0.05) is 182 Å². The number of hydrogen-bond donors (Lipinski definition) is 0. The first-order valence-corrected chi connectivity index (χ1v) is 29.6. The molecule has 0 radical (unpaired) electrons. The molecule has 0 amide bonds. The Balaban J connectivity index is 0.756. The van der Waals surface area contributed by atoms with E-state index in [0.29, 0.717) is 0 Å². The summed E-state index contributed by atoms with van der Waals surface area (Å²) in [5.41, 5.74) is 24.3. The second kappa shape index (κ2) is 17.6. The van der Waals surface area contributed by atoms with Crippen LogP contribution in [0.3, 0.4) is 0 Å². The number of rotatable bonds is 8. The van der Waals surface area contributed by atoms with Crippen molar-refractivity contribution in [3.63, 3.8) is 0 Å². The average molecular weight is 1100 g/mol. The van der Waals surface area contributed by atoms with E-state index in [1.165, 1.54) is 87.3 Å². The van der Waals surface area contributed by atoms with Gasteiger partial charge < -0.3 is 27.4 Å². The quantitative estimate of drug-likeness (QED) is 0.152. The molecule has 0 aliphatic carbocycles. The highest BCUT2D eigenvalue weighted by molar-refractivity contribution is 6.32. The molecule has 13 aromatic carbocycles. The van der Waals surface area contributed by atoms with Crippen molar-refractivity contribution in [3.8, 4) is 22.3 Å². The van der Waals surface area contributed by atoms with E-state index in [1.807, 2.05) is 12.1 Å². The fourth-order valence-corrected chi connectivity index (χ4v) is 14.8. The molecule has 0 saturated heterocycles. The van der Waals surface area contributed by atoms with Gasteiger partial charge in [0.15, 0.2) is 11.2 Å². The van der Waals surface area contributed by atoms with Crippen molar-refractivity contribution in [2.24, 2.45) is 0 Å². The topological polar surface area (TPSA) is 41.6 Å². The Morgan fingerprint density at radius 1 is 0.279 bits per heavy atom. The van der Waals surface area contributed by atoms with Crippen LogP contribution in [-0.2, 0) is 0 Å². The van der Waals surface area contributed by atoms with Crippen LogP contribution in [-0.4, -0.2) is 8.80 Å². The Hall–Kier alpha value is -11.3. The van der Waals surface area contributed by atoms with Gasteiger partial charge in [0.25, 0.3) is 0 Å². The zero-order chi connectivity index (χ0) is 56.5. The third kappa shape index (κ3) is 6.44. The summed E-state index contributed by atoms with van der Waals surface area (Å²) in [6.45, 7) is 4.36. The minimum atomic E-state index is 0.883. The maximum atomic E-state index is 6.71. The fraction of sp³-hybridized carbons (Fsp3) is 0.0250. The van der Waals surface area contributed by atoms with Crippen molar-refractivity contribution in [2.45, 2.75) is 13.8 Å². The summed E-state index contributed by atoms with van der Waals surface area (Å²) in [5, 5.41) is 14.5. The Labute approximate surface area is 493 Å². The van der Waals surface area contributed by atoms with E-state index in [2.05, 4.69) is 287 Å². The molecule has 6 nitrogen and oxygen atoms in total. The summed E-state index contributed by atoms with van der Waals surface area (Å²) in [6.07, 6.45) is 0. The molecule has 0 fully saturated rings. The molecule has 0 saturated carbocycles. The lowest BCUT2D eigenvalue weighted by Gasteiger charge is -2.27. The van der Waals surface area contributed by atoms with Crippen molar-refractivity contribution in [1.82, 2.24) is 8.80 Å². The molecule has 0 aliphatic heterocycles. The monoisotopic (exact) mass is 1100 g/mol. The molecule has 6 aromatic heterocycles. The molecular formula is C80H50N4O2. The van der Waals surface area contributed by atoms with Crippen molar-refractivity contribution < 1.29 is 8.83 Å². The first-order valence-electron chi connectivity index (χ1n) is 29.6. The van der Waals surface area contributed by atoms with Crippen LogP contribution < -0.4 is 9.80 Å². The molecule has 19 aromatic rings. The number of furan rings is 2. The number of aromatic nitrogens is 2. The second-order valence-corrected chi connectivity index (χ2v) is 23.2. The lowest BCUT2D eigenvalue weighted by atomic mass is 9.96. The lowest BCUT2D eigenvalue weighted by Crippen LogP contribution is -2.11. The predicted octanol–water partition coefficient (Wildman–Crippen LogP) is 22.7. The maximum Gasteiger partial charge on any atom is 0.159 e. The molecule has 0 N–H and O–H groups in total. The van der Waals surface area contributed by atoms with Crippen LogP contribution in [0.25, 0.3) is 142 Å². The van der Waals surface area contributed by atoms with Gasteiger partial charge >= 0.3 is 0 Å². The maximum absolute atomic E-state index is 6.71. The van der Waals surface area contributed by atoms with Gasteiger partial charge in [0.2, 0.25) is 0 Å². The molecule has 0 aliphatic rings. The molecule has 6 heterocycles. The molecule has 6 heteroatoms. The van der Waals surface area contributed by atoms with E-state index in [9.17, 15) is 0 Å². The summed E-state index contributed by atoms with van der Waals surface area (Å²) in [7, 11) is 0. The van der Waals surface area contributed by atoms with Crippen LogP contribution in [0.5, 0.6) is 0 Å². The smallest absolute Gasteiger partial charge is 0.159 e. The number of fused-ring (bicyclic) bond motifs is 18. The minimum absolute atomic E-state index is 0.883. The average Bonchev–Trinajstić information content (AvgIpc) is 1.64. The van der Waals surface area contributed by atoms with Gasteiger partial charge in [0.1, 0.15) is 11.2 Å². The van der Waals surface area contributed by atoms with Gasteiger partial charge in [-0.3, -0.25) is 0 Å². The third-order valence-electron chi connectivity index (χ3n) is 18.6. The molecule has 0 bridgehead atoms. The molecule has 0 spiro atoms. The minimum Gasteiger partial charge on any atom is -0.454 e. The number of hydrogen-bond acceptors (Lipinski definition) is 4. The van der Waals surface area contributed by atoms with E-state index >= 15 is 0 Å². The Kier molecular flexibility index (Phi) is 9.65. The molecule has 0 unspecified atom stereocenters. The van der Waals surface area contributed by atoms with Crippen LogP contribution in [0.1, 0.15) is 11.1 Å². The number of nitrogens with zero attached hydrogens (tertiary/aromatic N) is 4. The van der Waals surface area contributed by atoms with Crippen molar-refractivity contribution in [2.75, 3.05) is 9.80 Å². The van der Waals surface area contributed by atoms with Gasteiger partial charge in [-0.2, -0.15) is 0 Å². The van der Waals surface area contributed by atoms with Crippen molar-refractivity contribution >= 4 is 154 Å². The number of aryl methyl sites for hydroxylation is 2. The second-order valence-electron chi connectivity index (χ2n) is 23.2. The van der Waals surface area contributed by atoms with Gasteiger partial charge in [-0.05, 0) is 132 Å². The first-order chi connectivity index (χ1) is 42.5. The zero-order valence-electron chi connectivity index (χ0n) is 47.0. The standard InChI is InChI=1S/C80H50N4O2/c1-47-29-39-61-57-21-11-15-27-71(57)85-79(61)75(47)81(51-17-5-3-6-18-51)53-35-31-49(32-36-53)55-41-43-59-65-45-70-66(46-69(65)83-67-25-13-9-23-63(67)73(55)77(59)83)60-44-42-56(74-64-24-10-14-26-68(64)84(70)78(60)74)50-33-37-54(38-34-50)82(52-19-7-4-8-20-52)76-48(2)30-40-62-58-22-12-16-28-72(58)86-80(62)76/h3-46H,1-2H3. The number of benzene rings is 13. The van der Waals surface area contributed by atoms with E-state index < -0.39 is 0 Å². The van der Waals surface area contributed by atoms with Gasteiger partial charge in [0, 0.05) is 87.4 Å². The Bertz CT molecular complexity index is 5600. The molecule has 86 heavy (non-hydrogen) atoms. The fourth-order valence-electron chi connectivity index (χ4n) is 14.8. The Morgan fingerprint density at radius 3 is 1.07 bits per heavy atom. The van der Waals surface area contributed by atoms with Crippen LogP contribution in [0.2, 0.25) is 0 Å². The zero-order valence-corrected chi connectivity index (χ0v) is 47.0. The summed E-state index contributed by atoms with van der Waals surface area (Å²) in [4.78, 5) is 4.70. The van der Waals surface area contributed by atoms with Crippen molar-refractivity contribution in [1.29, 1.82) is 0 Å². The summed E-state index contributed by atoms with van der Waals surface area (Å²) >= 11 is 0. The highest BCUT2D eigenvalue weighted by atomic mass is 16.3. The van der Waals surface area contributed by atoms with Gasteiger partial charge in [-0.15, -0.1) is 0 Å². The van der Waals surface area contributed by atoms with E-state index in [4.69, 9.17) is 8.83 Å². The third-order valence-corrected chi connectivity index (χ3v) is 18.6. The lowest BCUT2D eigenvalue weighted by molar-refractivity contribution is 0.668. The highest BCUT2D eigenvalue weighted by Gasteiger charge is 2.28. The van der Waals surface area contributed by atoms with Crippen LogP contribution in [0, 0.1) is 13.8 Å². The van der Waals surface area contributed by atoms with E-state index in [-0.39, 0.29) is 0 Å². The normalized spacial score (nSPS) is 12.3. The molecule has 402 valence electrons. The summed E-state index contributed by atoms with van der Waals surface area (Å²) in [5.74, 6) is 0. The number of para-hydroxylation sites is 6.